The monoisotopic (exact) mass is 390 g/mol. The van der Waals surface area contributed by atoms with Crippen LogP contribution in [0.3, 0.4) is 0 Å². The third-order valence-electron chi connectivity index (χ3n) is 5.61. The summed E-state index contributed by atoms with van der Waals surface area (Å²) in [4.78, 5) is 29.7. The molecule has 0 saturated carbocycles. The van der Waals surface area contributed by atoms with Crippen molar-refractivity contribution >= 4 is 22.4 Å². The first-order valence-corrected chi connectivity index (χ1v) is 10.1. The van der Waals surface area contributed by atoms with Gasteiger partial charge in [-0.3, -0.25) is 9.59 Å². The summed E-state index contributed by atoms with van der Waals surface area (Å²) < 4.78 is 1.28. The lowest BCUT2D eigenvalue weighted by Gasteiger charge is -2.24. The summed E-state index contributed by atoms with van der Waals surface area (Å²) in [5.74, 6) is -0.134. The quantitative estimate of drug-likeness (QED) is 0.672. The molecule has 0 spiro atoms. The van der Waals surface area contributed by atoms with Crippen LogP contribution in [0.1, 0.15) is 24.1 Å². The van der Waals surface area contributed by atoms with E-state index in [1.165, 1.54) is 23.2 Å². The normalized spacial score (nSPS) is 13.8. The number of amides is 1. The minimum absolute atomic E-state index is 0.0626. The van der Waals surface area contributed by atoms with E-state index in [4.69, 9.17) is 0 Å². The molecular weight excluding hydrogens is 364 g/mol. The van der Waals surface area contributed by atoms with Crippen LogP contribution in [0, 0.1) is 6.92 Å². The molecule has 1 fully saturated rings. The van der Waals surface area contributed by atoms with Gasteiger partial charge in [0.1, 0.15) is 6.54 Å². The molecule has 0 unspecified atom stereocenters. The van der Waals surface area contributed by atoms with Crippen molar-refractivity contribution in [2.75, 3.05) is 25.0 Å². The molecule has 6 nitrogen and oxygen atoms in total. The molecule has 3 aromatic rings. The second kappa shape index (κ2) is 8.07. The predicted molar refractivity (Wildman–Crippen MR) is 115 cm³/mol. The SMILES string of the molecule is Cc1nn(CC(=O)N(C)Cc2ccccc2N2CCCC2)c(=O)c2ccccc12. The standard InChI is InChI=1S/C23H26N4O2/c1-17-19-10-4-5-11-20(19)23(29)27(24-17)16-22(28)25(2)15-18-9-3-6-12-21(18)26-13-7-8-14-26/h3-6,9-12H,7-8,13-16H2,1-2H3. The van der Waals surface area contributed by atoms with Gasteiger partial charge in [0.15, 0.2) is 0 Å². The van der Waals surface area contributed by atoms with E-state index in [-0.39, 0.29) is 18.0 Å². The fourth-order valence-corrected chi connectivity index (χ4v) is 4.02. The third-order valence-corrected chi connectivity index (χ3v) is 5.61. The highest BCUT2D eigenvalue weighted by atomic mass is 16.2. The number of hydrogen-bond acceptors (Lipinski definition) is 4. The second-order valence-electron chi connectivity index (χ2n) is 7.67. The predicted octanol–water partition coefficient (Wildman–Crippen LogP) is 2.96. The lowest BCUT2D eigenvalue weighted by atomic mass is 10.1. The second-order valence-corrected chi connectivity index (χ2v) is 7.67. The van der Waals surface area contributed by atoms with Gasteiger partial charge in [0.2, 0.25) is 5.91 Å². The topological polar surface area (TPSA) is 58.4 Å². The summed E-state index contributed by atoms with van der Waals surface area (Å²) in [5.41, 5.74) is 2.84. The van der Waals surface area contributed by atoms with Gasteiger partial charge in [0.25, 0.3) is 5.56 Å². The summed E-state index contributed by atoms with van der Waals surface area (Å²) in [6.07, 6.45) is 2.41. The molecule has 1 saturated heterocycles. The molecule has 6 heteroatoms. The van der Waals surface area contributed by atoms with Gasteiger partial charge in [0, 0.05) is 37.8 Å². The van der Waals surface area contributed by atoms with E-state index in [1.807, 2.05) is 37.3 Å². The minimum atomic E-state index is -0.231. The van der Waals surface area contributed by atoms with Crippen molar-refractivity contribution in [3.63, 3.8) is 0 Å². The summed E-state index contributed by atoms with van der Waals surface area (Å²) in [6.45, 7) is 4.42. The molecule has 0 radical (unpaired) electrons. The van der Waals surface area contributed by atoms with Crippen molar-refractivity contribution in [2.45, 2.75) is 32.9 Å². The van der Waals surface area contributed by atoms with Crippen molar-refractivity contribution in [1.82, 2.24) is 14.7 Å². The number of carbonyl (C=O) groups excluding carboxylic acids is 1. The van der Waals surface area contributed by atoms with E-state index in [9.17, 15) is 9.59 Å². The maximum atomic E-state index is 12.9. The molecule has 2 aromatic carbocycles. The van der Waals surface area contributed by atoms with Gasteiger partial charge in [-0.2, -0.15) is 5.10 Å². The fourth-order valence-electron chi connectivity index (χ4n) is 4.02. The molecule has 0 aliphatic carbocycles. The molecule has 1 aromatic heterocycles. The largest absolute Gasteiger partial charge is 0.371 e. The summed E-state index contributed by atoms with van der Waals surface area (Å²) in [7, 11) is 1.78. The first-order chi connectivity index (χ1) is 14.0. The van der Waals surface area contributed by atoms with Gasteiger partial charge in [0.05, 0.1) is 11.1 Å². The number of carbonyl (C=O) groups is 1. The Balaban J connectivity index is 1.54. The highest BCUT2D eigenvalue weighted by molar-refractivity contribution is 5.83. The lowest BCUT2D eigenvalue weighted by Crippen LogP contribution is -2.35. The van der Waals surface area contributed by atoms with Gasteiger partial charge in [-0.1, -0.05) is 36.4 Å². The van der Waals surface area contributed by atoms with E-state index in [0.29, 0.717) is 11.9 Å². The van der Waals surface area contributed by atoms with Crippen molar-refractivity contribution in [3.05, 3.63) is 70.1 Å². The summed E-state index contributed by atoms with van der Waals surface area (Å²) in [5, 5.41) is 5.78. The van der Waals surface area contributed by atoms with E-state index in [1.54, 1.807) is 18.0 Å². The van der Waals surface area contributed by atoms with Crippen LogP contribution in [0.4, 0.5) is 5.69 Å². The molecule has 0 atom stereocenters. The van der Waals surface area contributed by atoms with E-state index < -0.39 is 0 Å². The molecule has 4 rings (SSSR count). The molecule has 150 valence electrons. The zero-order chi connectivity index (χ0) is 20.4. The Labute approximate surface area is 170 Å². The smallest absolute Gasteiger partial charge is 0.275 e. The summed E-state index contributed by atoms with van der Waals surface area (Å²) >= 11 is 0. The average molecular weight is 390 g/mol. The maximum Gasteiger partial charge on any atom is 0.275 e. The first kappa shape index (κ1) is 19.2. The van der Waals surface area contributed by atoms with Crippen LogP contribution in [-0.4, -0.2) is 40.7 Å². The molecule has 29 heavy (non-hydrogen) atoms. The minimum Gasteiger partial charge on any atom is -0.371 e. The van der Waals surface area contributed by atoms with Gasteiger partial charge >= 0.3 is 0 Å². The van der Waals surface area contributed by atoms with E-state index in [0.717, 1.165) is 29.7 Å². The molecule has 0 bridgehead atoms. The number of likely N-dealkylation sites (N-methyl/N-ethyl adjacent to an activating group) is 1. The van der Waals surface area contributed by atoms with Crippen molar-refractivity contribution in [3.8, 4) is 0 Å². The fraction of sp³-hybridized carbons (Fsp3) is 0.348. The maximum absolute atomic E-state index is 12.9. The zero-order valence-electron chi connectivity index (χ0n) is 17.0. The number of benzene rings is 2. The summed E-state index contributed by atoms with van der Waals surface area (Å²) in [6, 6.07) is 15.6. The van der Waals surface area contributed by atoms with Gasteiger partial charge in [-0.25, -0.2) is 4.68 Å². The highest BCUT2D eigenvalue weighted by Gasteiger charge is 2.19. The van der Waals surface area contributed by atoms with Gasteiger partial charge in [-0.05, 0) is 37.5 Å². The molecule has 1 amide bonds. The number of hydrogen-bond donors (Lipinski definition) is 0. The van der Waals surface area contributed by atoms with Crippen LogP contribution < -0.4 is 10.5 Å². The van der Waals surface area contributed by atoms with Gasteiger partial charge in [-0.15, -0.1) is 0 Å². The van der Waals surface area contributed by atoms with Crippen LogP contribution in [-0.2, 0) is 17.9 Å². The van der Waals surface area contributed by atoms with Crippen LogP contribution in [0.25, 0.3) is 10.8 Å². The number of anilines is 1. The number of para-hydroxylation sites is 1. The van der Waals surface area contributed by atoms with Crippen LogP contribution in [0.5, 0.6) is 0 Å². The molecule has 1 aliphatic heterocycles. The number of nitrogens with zero attached hydrogens (tertiary/aromatic N) is 4. The highest BCUT2D eigenvalue weighted by Crippen LogP contribution is 2.25. The Morgan fingerprint density at radius 2 is 1.69 bits per heavy atom. The molecular formula is C23H26N4O2. The van der Waals surface area contributed by atoms with Crippen LogP contribution in [0.15, 0.2) is 53.3 Å². The number of aryl methyl sites for hydroxylation is 1. The van der Waals surface area contributed by atoms with E-state index in [2.05, 4.69) is 22.1 Å². The van der Waals surface area contributed by atoms with Crippen molar-refractivity contribution in [1.29, 1.82) is 0 Å². The molecule has 1 aliphatic rings. The number of rotatable bonds is 5. The van der Waals surface area contributed by atoms with Gasteiger partial charge < -0.3 is 9.80 Å². The zero-order valence-corrected chi connectivity index (χ0v) is 17.0. The van der Waals surface area contributed by atoms with E-state index >= 15 is 0 Å². The Morgan fingerprint density at radius 1 is 1.03 bits per heavy atom. The number of fused-ring (bicyclic) bond motifs is 1. The first-order valence-electron chi connectivity index (χ1n) is 10.1. The molecule has 0 N–H and O–H groups in total. The van der Waals surface area contributed by atoms with Crippen molar-refractivity contribution in [2.24, 2.45) is 0 Å². The van der Waals surface area contributed by atoms with Crippen LogP contribution >= 0.6 is 0 Å². The Morgan fingerprint density at radius 3 is 2.45 bits per heavy atom. The number of aromatic nitrogens is 2. The lowest BCUT2D eigenvalue weighted by molar-refractivity contribution is -0.131. The average Bonchev–Trinajstić information content (AvgIpc) is 3.27. The van der Waals surface area contributed by atoms with Crippen molar-refractivity contribution < 1.29 is 4.79 Å². The Kier molecular flexibility index (Phi) is 5.34. The molecule has 2 heterocycles. The third kappa shape index (κ3) is 3.88. The Bertz CT molecular complexity index is 1100. The Hall–Kier alpha value is -3.15. The van der Waals surface area contributed by atoms with Crippen LogP contribution in [0.2, 0.25) is 0 Å².